The van der Waals surface area contributed by atoms with E-state index in [9.17, 15) is 13.2 Å². The molecule has 1 unspecified atom stereocenters. The zero-order valence-corrected chi connectivity index (χ0v) is 21.0. The largest absolute Gasteiger partial charge is 0.496 e. The van der Waals surface area contributed by atoms with Crippen molar-refractivity contribution in [3.8, 4) is 5.75 Å². The molecule has 0 bridgehead atoms. The number of nitrogens with zero attached hydrogens (tertiary/aromatic N) is 2. The van der Waals surface area contributed by atoms with Crippen molar-refractivity contribution in [1.29, 1.82) is 0 Å². The molecular weight excluding hydrogens is 440 g/mol. The Hall–Kier alpha value is -2.52. The van der Waals surface area contributed by atoms with Crippen LogP contribution in [0.3, 0.4) is 0 Å². The van der Waals surface area contributed by atoms with Gasteiger partial charge in [-0.2, -0.15) is 4.72 Å². The third-order valence-corrected chi connectivity index (χ3v) is 8.44. The van der Waals surface area contributed by atoms with E-state index in [0.29, 0.717) is 54.7 Å². The number of hydrogen-bond acceptors (Lipinski definition) is 5. The first-order chi connectivity index (χ1) is 15.5. The highest BCUT2D eigenvalue weighted by atomic mass is 32.2. The predicted octanol–water partition coefficient (Wildman–Crippen LogP) is 3.00. The van der Waals surface area contributed by atoms with Crippen LogP contribution in [0.15, 0.2) is 29.3 Å². The van der Waals surface area contributed by atoms with Crippen LogP contribution in [0, 0.1) is 26.7 Å². The number of carbonyl (C=O) groups is 1. The molecule has 9 heteroatoms. The van der Waals surface area contributed by atoms with E-state index in [4.69, 9.17) is 10.5 Å². The average Bonchev–Trinajstić information content (AvgIpc) is 3.18. The van der Waals surface area contributed by atoms with Crippen molar-refractivity contribution in [2.24, 2.45) is 5.92 Å². The second-order valence-electron chi connectivity index (χ2n) is 9.07. The minimum absolute atomic E-state index is 0.184. The summed E-state index contributed by atoms with van der Waals surface area (Å²) in [5.74, 6) is 1.60. The van der Waals surface area contributed by atoms with Gasteiger partial charge in [0.2, 0.25) is 15.9 Å². The monoisotopic (exact) mass is 476 g/mol. The highest BCUT2D eigenvalue weighted by Crippen LogP contribution is 2.31. The van der Waals surface area contributed by atoms with Gasteiger partial charge in [-0.15, -0.1) is 0 Å². The quantitative estimate of drug-likeness (QED) is 0.609. The molecule has 2 aromatic rings. The maximum atomic E-state index is 13.5. The first-order valence-corrected chi connectivity index (χ1v) is 12.9. The zero-order valence-electron chi connectivity index (χ0n) is 20.2. The molecule has 1 aliphatic rings. The van der Waals surface area contributed by atoms with E-state index in [1.165, 1.54) is 0 Å². The topological polar surface area (TPSA) is 107 Å². The number of aromatic nitrogens is 1. The van der Waals surface area contributed by atoms with Gasteiger partial charge in [-0.3, -0.25) is 4.79 Å². The first kappa shape index (κ1) is 25.1. The van der Waals surface area contributed by atoms with Crippen molar-refractivity contribution in [1.82, 2.24) is 14.2 Å². The third-order valence-electron chi connectivity index (χ3n) is 6.68. The van der Waals surface area contributed by atoms with Gasteiger partial charge in [0.05, 0.1) is 12.0 Å². The molecule has 33 heavy (non-hydrogen) atoms. The van der Waals surface area contributed by atoms with Gasteiger partial charge in [0, 0.05) is 25.8 Å². The number of likely N-dealkylation sites (tertiary alicyclic amines) is 1. The number of aryl methyl sites for hydroxylation is 2. The van der Waals surface area contributed by atoms with Crippen molar-refractivity contribution in [3.05, 3.63) is 41.1 Å². The molecule has 2 heterocycles. The highest BCUT2D eigenvalue weighted by molar-refractivity contribution is 7.89. The molecule has 8 nitrogen and oxygen atoms in total. The summed E-state index contributed by atoms with van der Waals surface area (Å²) in [6.45, 7) is 9.23. The molecule has 1 aromatic heterocycles. The number of hydrogen-bond donors (Lipinski definition) is 2. The number of carbonyl (C=O) groups excluding carboxylic acids is 1. The number of ether oxygens (including phenoxy) is 1. The van der Waals surface area contributed by atoms with Gasteiger partial charge >= 0.3 is 0 Å². The van der Waals surface area contributed by atoms with Crippen LogP contribution in [0.2, 0.25) is 0 Å². The molecule has 1 atom stereocenters. The van der Waals surface area contributed by atoms with Crippen molar-refractivity contribution in [2.75, 3.05) is 25.9 Å². The van der Waals surface area contributed by atoms with E-state index >= 15 is 0 Å². The van der Waals surface area contributed by atoms with E-state index in [2.05, 4.69) is 11.6 Å². The lowest BCUT2D eigenvalue weighted by Gasteiger charge is -2.33. The van der Waals surface area contributed by atoms with Crippen LogP contribution in [0.25, 0.3) is 0 Å². The summed E-state index contributed by atoms with van der Waals surface area (Å²) < 4.78 is 37.0. The smallest absolute Gasteiger partial charge is 0.241 e. The summed E-state index contributed by atoms with van der Waals surface area (Å²) in [6.07, 6.45) is 3.97. The normalized spacial score (nSPS) is 16.1. The number of piperidine rings is 1. The van der Waals surface area contributed by atoms with Crippen molar-refractivity contribution in [2.45, 2.75) is 64.4 Å². The molecular formula is C24H36N4O4S. The molecule has 1 aromatic carbocycles. The van der Waals surface area contributed by atoms with E-state index in [1.54, 1.807) is 38.0 Å². The van der Waals surface area contributed by atoms with Gasteiger partial charge in [0.1, 0.15) is 17.6 Å². The summed E-state index contributed by atoms with van der Waals surface area (Å²) in [4.78, 5) is 15.4. The summed E-state index contributed by atoms with van der Waals surface area (Å²) in [6, 6.07) is 4.45. The molecule has 182 valence electrons. The Labute approximate surface area is 197 Å². The molecule has 0 aliphatic carbocycles. The summed E-state index contributed by atoms with van der Waals surface area (Å²) in [5.41, 5.74) is 7.94. The number of anilines is 1. The van der Waals surface area contributed by atoms with Gasteiger partial charge in [0.25, 0.3) is 0 Å². The van der Waals surface area contributed by atoms with Crippen LogP contribution in [-0.4, -0.2) is 50.0 Å². The van der Waals surface area contributed by atoms with Crippen LogP contribution in [0.5, 0.6) is 5.75 Å². The van der Waals surface area contributed by atoms with Crippen molar-refractivity contribution in [3.63, 3.8) is 0 Å². The van der Waals surface area contributed by atoms with Crippen molar-refractivity contribution < 1.29 is 17.9 Å². The Bertz CT molecular complexity index is 1100. The molecule has 0 spiro atoms. The van der Waals surface area contributed by atoms with E-state index in [0.717, 1.165) is 18.4 Å². The number of methoxy groups -OCH3 is 1. The van der Waals surface area contributed by atoms with Crippen LogP contribution < -0.4 is 15.2 Å². The van der Waals surface area contributed by atoms with Crippen LogP contribution in [-0.2, 0) is 21.4 Å². The minimum Gasteiger partial charge on any atom is -0.496 e. The first-order valence-electron chi connectivity index (χ1n) is 11.4. The van der Waals surface area contributed by atoms with Gasteiger partial charge in [0.15, 0.2) is 0 Å². The fraction of sp³-hybridized carbons (Fsp3) is 0.542. The Balaban J connectivity index is 1.90. The summed E-state index contributed by atoms with van der Waals surface area (Å²) in [7, 11) is -2.39. The van der Waals surface area contributed by atoms with E-state index in [-0.39, 0.29) is 10.8 Å². The number of rotatable bonds is 8. The number of nitrogens with two attached hydrogens (primary N) is 1. The van der Waals surface area contributed by atoms with E-state index in [1.807, 2.05) is 23.8 Å². The number of sulfonamides is 1. The lowest BCUT2D eigenvalue weighted by atomic mass is 9.98. The second-order valence-corrected chi connectivity index (χ2v) is 10.7. The summed E-state index contributed by atoms with van der Waals surface area (Å²) >= 11 is 0. The minimum atomic E-state index is -3.96. The fourth-order valence-corrected chi connectivity index (χ4v) is 6.22. The molecule has 1 aliphatic heterocycles. The number of benzene rings is 1. The SMILES string of the molecule is COc1cc(C)c(S(=O)(=O)NC(CCn2cccc2N)C(=O)N2CCC(C)CC2)c(C)c1C. The third kappa shape index (κ3) is 5.52. The maximum Gasteiger partial charge on any atom is 0.241 e. The van der Waals surface area contributed by atoms with E-state index < -0.39 is 16.1 Å². The highest BCUT2D eigenvalue weighted by Gasteiger charge is 2.32. The van der Waals surface area contributed by atoms with Gasteiger partial charge < -0.3 is 19.9 Å². The van der Waals surface area contributed by atoms with Crippen LogP contribution in [0.4, 0.5) is 5.82 Å². The predicted molar refractivity (Wildman–Crippen MR) is 130 cm³/mol. The van der Waals surface area contributed by atoms with Gasteiger partial charge in [-0.1, -0.05) is 6.92 Å². The molecule has 1 saturated heterocycles. The van der Waals surface area contributed by atoms with Crippen molar-refractivity contribution >= 4 is 21.7 Å². The molecule has 0 saturated carbocycles. The fourth-order valence-electron chi connectivity index (χ4n) is 4.47. The molecule has 3 rings (SSSR count). The molecule has 3 N–H and O–H groups in total. The molecule has 1 fully saturated rings. The van der Waals surface area contributed by atoms with Crippen LogP contribution >= 0.6 is 0 Å². The Morgan fingerprint density at radius 3 is 2.48 bits per heavy atom. The van der Waals surface area contributed by atoms with Gasteiger partial charge in [-0.05, 0) is 80.8 Å². The Kier molecular flexibility index (Phi) is 7.74. The van der Waals surface area contributed by atoms with Crippen LogP contribution in [0.1, 0.15) is 42.9 Å². The molecule has 1 amide bonds. The average molecular weight is 477 g/mol. The maximum absolute atomic E-state index is 13.5. The lowest BCUT2D eigenvalue weighted by Crippen LogP contribution is -2.51. The number of nitrogen functional groups attached to an aromatic ring is 1. The number of nitrogens with one attached hydrogen (secondary N) is 1. The number of amides is 1. The summed E-state index contributed by atoms with van der Waals surface area (Å²) in [5, 5.41) is 0. The van der Waals surface area contributed by atoms with Gasteiger partial charge in [-0.25, -0.2) is 8.42 Å². The zero-order chi connectivity index (χ0) is 24.3. The lowest BCUT2D eigenvalue weighted by molar-refractivity contribution is -0.134. The molecule has 0 radical (unpaired) electrons. The Morgan fingerprint density at radius 1 is 1.24 bits per heavy atom. The Morgan fingerprint density at radius 2 is 1.91 bits per heavy atom. The standard InChI is InChI=1S/C24H36N4O4S/c1-16-8-12-28(13-9-16)24(29)20(10-14-27-11-6-7-22(27)25)26-33(30,31)23-17(2)15-21(32-5)18(3)19(23)4/h6-7,11,15-16,20,26H,8-10,12-14,25H2,1-5H3. The second kappa shape index (κ2) is 10.2.